The van der Waals surface area contributed by atoms with Crippen molar-refractivity contribution in [3.05, 3.63) is 68.7 Å². The summed E-state index contributed by atoms with van der Waals surface area (Å²) in [5, 5.41) is 0. The van der Waals surface area contributed by atoms with Crippen LogP contribution in [0.1, 0.15) is 31.8 Å². The van der Waals surface area contributed by atoms with Crippen LogP contribution in [0.4, 0.5) is 8.78 Å². The van der Waals surface area contributed by atoms with Crippen LogP contribution >= 0.6 is 15.9 Å². The van der Waals surface area contributed by atoms with Crippen molar-refractivity contribution >= 4 is 27.7 Å². The largest absolute Gasteiger partial charge is 0.465 e. The first kappa shape index (κ1) is 17.3. The molecule has 0 radical (unpaired) electrons. The molecule has 120 valence electrons. The zero-order valence-corrected chi connectivity index (χ0v) is 14.0. The molecule has 0 saturated carbocycles. The molecule has 0 unspecified atom stereocenters. The topological polar surface area (TPSA) is 43.4 Å². The van der Waals surface area contributed by atoms with Gasteiger partial charge in [-0.3, -0.25) is 4.79 Å². The summed E-state index contributed by atoms with van der Waals surface area (Å²) in [4.78, 5) is 23.6. The first-order valence-electron chi connectivity index (χ1n) is 6.69. The first-order chi connectivity index (χ1) is 10.8. The number of benzene rings is 2. The molecule has 0 N–H and O–H groups in total. The smallest absolute Gasteiger partial charge is 0.337 e. The SMILES string of the molecule is COC(=O)c1ccc(C(=O)Cc2cc(F)cc(Br)c2C)c(F)c1. The normalized spacial score (nSPS) is 10.5. The van der Waals surface area contributed by atoms with Gasteiger partial charge in [-0.15, -0.1) is 0 Å². The van der Waals surface area contributed by atoms with E-state index in [0.29, 0.717) is 15.6 Å². The fourth-order valence-corrected chi connectivity index (χ4v) is 2.61. The Hall–Kier alpha value is -2.08. The second-order valence-corrected chi connectivity index (χ2v) is 5.81. The summed E-state index contributed by atoms with van der Waals surface area (Å²) in [6, 6.07) is 6.05. The number of halogens is 3. The third kappa shape index (κ3) is 3.82. The minimum atomic E-state index is -0.814. The summed E-state index contributed by atoms with van der Waals surface area (Å²) in [5.74, 6) is -2.48. The lowest BCUT2D eigenvalue weighted by Gasteiger charge is -2.09. The van der Waals surface area contributed by atoms with Crippen LogP contribution in [0, 0.1) is 18.6 Å². The summed E-state index contributed by atoms with van der Waals surface area (Å²) in [6.07, 6.45) is -0.142. The molecule has 0 aromatic heterocycles. The van der Waals surface area contributed by atoms with Gasteiger partial charge in [-0.05, 0) is 48.4 Å². The van der Waals surface area contributed by atoms with Crippen molar-refractivity contribution in [3.8, 4) is 0 Å². The van der Waals surface area contributed by atoms with E-state index in [4.69, 9.17) is 0 Å². The monoisotopic (exact) mass is 382 g/mol. The van der Waals surface area contributed by atoms with Crippen LogP contribution in [0.25, 0.3) is 0 Å². The molecule has 0 bridgehead atoms. The fourth-order valence-electron chi connectivity index (χ4n) is 2.14. The maximum absolute atomic E-state index is 14.0. The van der Waals surface area contributed by atoms with Gasteiger partial charge in [-0.2, -0.15) is 0 Å². The quantitative estimate of drug-likeness (QED) is 0.586. The standard InChI is InChI=1S/C17H13BrF2O3/c1-9-11(5-12(19)8-14(9)18)7-16(21)13-4-3-10(6-15(13)20)17(22)23-2/h3-6,8H,7H2,1-2H3. The Morgan fingerprint density at radius 2 is 1.87 bits per heavy atom. The molecule has 0 aliphatic heterocycles. The van der Waals surface area contributed by atoms with Crippen molar-refractivity contribution < 1.29 is 23.1 Å². The number of carbonyl (C=O) groups excluding carboxylic acids is 2. The van der Waals surface area contributed by atoms with Gasteiger partial charge in [0.1, 0.15) is 11.6 Å². The molecule has 0 atom stereocenters. The van der Waals surface area contributed by atoms with Crippen molar-refractivity contribution in [2.45, 2.75) is 13.3 Å². The molecule has 0 saturated heterocycles. The van der Waals surface area contributed by atoms with Crippen LogP contribution in [0.15, 0.2) is 34.8 Å². The molecular weight excluding hydrogens is 370 g/mol. The van der Waals surface area contributed by atoms with Gasteiger partial charge in [0.05, 0.1) is 18.2 Å². The Bertz CT molecular complexity index is 788. The van der Waals surface area contributed by atoms with Crippen molar-refractivity contribution in [1.29, 1.82) is 0 Å². The lowest BCUT2D eigenvalue weighted by atomic mass is 9.98. The molecule has 2 rings (SSSR count). The predicted octanol–water partition coefficient (Wildman–Crippen LogP) is 4.25. The van der Waals surface area contributed by atoms with Crippen LogP contribution in [0.5, 0.6) is 0 Å². The van der Waals surface area contributed by atoms with E-state index < -0.39 is 23.4 Å². The number of methoxy groups -OCH3 is 1. The Balaban J connectivity index is 2.30. The summed E-state index contributed by atoms with van der Waals surface area (Å²) in [7, 11) is 1.18. The molecule has 3 nitrogen and oxygen atoms in total. The van der Waals surface area contributed by atoms with Crippen LogP contribution in [0.3, 0.4) is 0 Å². The van der Waals surface area contributed by atoms with E-state index in [1.54, 1.807) is 6.92 Å². The van der Waals surface area contributed by atoms with Gasteiger partial charge < -0.3 is 4.74 Å². The Kier molecular flexibility index (Phi) is 5.26. The number of hydrogen-bond donors (Lipinski definition) is 0. The lowest BCUT2D eigenvalue weighted by molar-refractivity contribution is 0.0599. The van der Waals surface area contributed by atoms with E-state index >= 15 is 0 Å². The number of Topliss-reactive ketones (excluding diaryl/α,β-unsaturated/α-hetero) is 1. The molecule has 0 amide bonds. The third-order valence-electron chi connectivity index (χ3n) is 3.46. The molecular formula is C17H13BrF2O3. The highest BCUT2D eigenvalue weighted by Gasteiger charge is 2.17. The minimum Gasteiger partial charge on any atom is -0.465 e. The fraction of sp³-hybridized carbons (Fsp3) is 0.176. The highest BCUT2D eigenvalue weighted by atomic mass is 79.9. The van der Waals surface area contributed by atoms with E-state index in [2.05, 4.69) is 20.7 Å². The second kappa shape index (κ2) is 7.00. The van der Waals surface area contributed by atoms with Crippen molar-refractivity contribution in [2.24, 2.45) is 0 Å². The van der Waals surface area contributed by atoms with E-state index in [-0.39, 0.29) is 17.5 Å². The number of ketones is 1. The van der Waals surface area contributed by atoms with Crippen molar-refractivity contribution in [3.63, 3.8) is 0 Å². The Morgan fingerprint density at radius 1 is 1.17 bits per heavy atom. The van der Waals surface area contributed by atoms with Crippen LogP contribution in [-0.4, -0.2) is 18.9 Å². The van der Waals surface area contributed by atoms with Gasteiger partial charge in [-0.1, -0.05) is 15.9 Å². The highest BCUT2D eigenvalue weighted by molar-refractivity contribution is 9.10. The van der Waals surface area contributed by atoms with Gasteiger partial charge in [0, 0.05) is 10.9 Å². The summed E-state index contributed by atoms with van der Waals surface area (Å²) < 4.78 is 32.5. The maximum Gasteiger partial charge on any atom is 0.337 e. The van der Waals surface area contributed by atoms with Crippen molar-refractivity contribution in [2.75, 3.05) is 7.11 Å². The van der Waals surface area contributed by atoms with Gasteiger partial charge in [0.15, 0.2) is 5.78 Å². The number of carbonyl (C=O) groups is 2. The lowest BCUT2D eigenvalue weighted by Crippen LogP contribution is -2.10. The molecule has 0 heterocycles. The van der Waals surface area contributed by atoms with Gasteiger partial charge in [0.2, 0.25) is 0 Å². The van der Waals surface area contributed by atoms with Crippen LogP contribution < -0.4 is 0 Å². The zero-order chi connectivity index (χ0) is 17.1. The molecule has 2 aromatic carbocycles. The van der Waals surface area contributed by atoms with Gasteiger partial charge >= 0.3 is 5.97 Å². The number of rotatable bonds is 4. The Labute approximate surface area is 140 Å². The average Bonchev–Trinajstić information content (AvgIpc) is 2.51. The summed E-state index contributed by atoms with van der Waals surface area (Å²) in [6.45, 7) is 1.74. The molecule has 0 aliphatic carbocycles. The Morgan fingerprint density at radius 3 is 2.48 bits per heavy atom. The predicted molar refractivity (Wildman–Crippen MR) is 84.6 cm³/mol. The zero-order valence-electron chi connectivity index (χ0n) is 12.5. The molecule has 0 spiro atoms. The molecule has 23 heavy (non-hydrogen) atoms. The average molecular weight is 383 g/mol. The van der Waals surface area contributed by atoms with Crippen LogP contribution in [0.2, 0.25) is 0 Å². The molecule has 2 aromatic rings. The second-order valence-electron chi connectivity index (χ2n) is 4.96. The van der Waals surface area contributed by atoms with E-state index in [1.807, 2.05) is 0 Å². The van der Waals surface area contributed by atoms with Crippen molar-refractivity contribution in [1.82, 2.24) is 0 Å². The molecule has 6 heteroatoms. The maximum atomic E-state index is 14.0. The van der Waals surface area contributed by atoms with E-state index in [9.17, 15) is 18.4 Å². The number of esters is 1. The van der Waals surface area contributed by atoms with Gasteiger partial charge in [0.25, 0.3) is 0 Å². The number of hydrogen-bond acceptors (Lipinski definition) is 3. The molecule has 0 aliphatic rings. The third-order valence-corrected chi connectivity index (χ3v) is 4.28. The summed E-state index contributed by atoms with van der Waals surface area (Å²) in [5.41, 5.74) is 1.05. The molecule has 0 fully saturated rings. The minimum absolute atomic E-state index is 0.0197. The van der Waals surface area contributed by atoms with E-state index in [1.165, 1.54) is 31.4 Å². The van der Waals surface area contributed by atoms with Gasteiger partial charge in [-0.25, -0.2) is 13.6 Å². The summed E-state index contributed by atoms with van der Waals surface area (Å²) >= 11 is 3.21. The highest BCUT2D eigenvalue weighted by Crippen LogP contribution is 2.23. The first-order valence-corrected chi connectivity index (χ1v) is 7.48. The van der Waals surface area contributed by atoms with E-state index in [0.717, 1.165) is 6.07 Å². The number of ether oxygens (including phenoxy) is 1. The van der Waals surface area contributed by atoms with Crippen LogP contribution in [-0.2, 0) is 11.2 Å².